The molecule has 9 nitrogen and oxygen atoms in total. The van der Waals surface area contributed by atoms with Crippen molar-refractivity contribution < 1.29 is 27.5 Å². The highest BCUT2D eigenvalue weighted by Crippen LogP contribution is 2.28. The van der Waals surface area contributed by atoms with E-state index in [1.54, 1.807) is 16.7 Å². The van der Waals surface area contributed by atoms with Gasteiger partial charge in [0.15, 0.2) is 4.80 Å². The van der Waals surface area contributed by atoms with Crippen LogP contribution in [0.2, 0.25) is 0 Å². The van der Waals surface area contributed by atoms with Gasteiger partial charge in [0.1, 0.15) is 18.3 Å². The van der Waals surface area contributed by atoms with E-state index in [2.05, 4.69) is 4.99 Å². The van der Waals surface area contributed by atoms with Crippen molar-refractivity contribution in [2.45, 2.75) is 44.2 Å². The van der Waals surface area contributed by atoms with Gasteiger partial charge in [-0.3, -0.25) is 9.59 Å². The predicted molar refractivity (Wildman–Crippen MR) is 132 cm³/mol. The van der Waals surface area contributed by atoms with E-state index in [1.165, 1.54) is 42.0 Å². The Hall–Kier alpha value is -3.02. The zero-order valence-corrected chi connectivity index (χ0v) is 21.6. The summed E-state index contributed by atoms with van der Waals surface area (Å²) in [7, 11) is -1.10. The smallest absolute Gasteiger partial charge is 0.325 e. The van der Waals surface area contributed by atoms with E-state index < -0.39 is 27.9 Å². The number of thiazole rings is 1. The van der Waals surface area contributed by atoms with Crippen molar-refractivity contribution in [1.29, 1.82) is 0 Å². The lowest BCUT2D eigenvalue weighted by molar-refractivity contribution is -0.141. The number of hydrogen-bond donors (Lipinski definition) is 0. The number of nitrogens with zero attached hydrogens (tertiary/aromatic N) is 3. The van der Waals surface area contributed by atoms with Crippen LogP contribution in [0.4, 0.5) is 0 Å². The van der Waals surface area contributed by atoms with Gasteiger partial charge >= 0.3 is 5.97 Å². The number of hydrogen-bond acceptors (Lipinski definition) is 7. The molecule has 0 spiro atoms. The van der Waals surface area contributed by atoms with Crippen LogP contribution in [0.1, 0.15) is 24.0 Å². The van der Waals surface area contributed by atoms with E-state index in [4.69, 9.17) is 9.47 Å². The SMILES string of the molecule is COC(=O)Cn1c(=NC(=O)C2CCCN2S(=O)(=O)c2ccc(OC)cc2)sc2c(C)cc(C)cc21. The summed E-state index contributed by atoms with van der Waals surface area (Å²) in [6.07, 6.45) is 0.923. The van der Waals surface area contributed by atoms with Crippen LogP contribution in [0, 0.1) is 13.8 Å². The molecular weight excluding hydrogens is 490 g/mol. The minimum absolute atomic E-state index is 0.0896. The number of aryl methyl sites for hydroxylation is 2. The maximum Gasteiger partial charge on any atom is 0.325 e. The van der Waals surface area contributed by atoms with Gasteiger partial charge in [-0.1, -0.05) is 17.4 Å². The zero-order valence-electron chi connectivity index (χ0n) is 20.0. The number of sulfonamides is 1. The molecule has 0 aliphatic carbocycles. The number of amides is 1. The molecule has 1 saturated heterocycles. The average molecular weight is 518 g/mol. The predicted octanol–water partition coefficient (Wildman–Crippen LogP) is 2.78. The summed E-state index contributed by atoms with van der Waals surface area (Å²) < 4.78 is 40.3. The third kappa shape index (κ3) is 4.89. The summed E-state index contributed by atoms with van der Waals surface area (Å²) in [4.78, 5) is 30.2. The highest BCUT2D eigenvalue weighted by atomic mass is 32.2. The minimum Gasteiger partial charge on any atom is -0.497 e. The normalized spacial score (nSPS) is 17.1. The largest absolute Gasteiger partial charge is 0.497 e. The molecule has 0 saturated carbocycles. The molecule has 1 aromatic heterocycles. The van der Waals surface area contributed by atoms with Crippen molar-refractivity contribution in [2.24, 2.45) is 4.99 Å². The van der Waals surface area contributed by atoms with Crippen molar-refractivity contribution in [2.75, 3.05) is 20.8 Å². The average Bonchev–Trinajstić information content (AvgIpc) is 3.46. The first-order valence-corrected chi connectivity index (χ1v) is 13.3. The van der Waals surface area contributed by atoms with E-state index in [1.807, 2.05) is 26.0 Å². The van der Waals surface area contributed by atoms with Crippen LogP contribution in [0.25, 0.3) is 10.2 Å². The molecule has 4 rings (SSSR count). The highest BCUT2D eigenvalue weighted by molar-refractivity contribution is 7.89. The summed E-state index contributed by atoms with van der Waals surface area (Å²) in [5.41, 5.74) is 2.79. The summed E-state index contributed by atoms with van der Waals surface area (Å²) in [5, 5.41) is 0. The molecule has 1 fully saturated rings. The number of methoxy groups -OCH3 is 2. The lowest BCUT2D eigenvalue weighted by Gasteiger charge is -2.21. The molecule has 1 unspecified atom stereocenters. The van der Waals surface area contributed by atoms with E-state index >= 15 is 0 Å². The fourth-order valence-electron chi connectivity index (χ4n) is 4.27. The lowest BCUT2D eigenvalue weighted by Crippen LogP contribution is -2.40. The minimum atomic E-state index is -3.90. The molecule has 0 N–H and O–H groups in total. The molecule has 2 aromatic carbocycles. The van der Waals surface area contributed by atoms with Gasteiger partial charge in [-0.15, -0.1) is 0 Å². The Labute approximate surface area is 207 Å². The third-order valence-corrected chi connectivity index (χ3v) is 9.14. The van der Waals surface area contributed by atoms with E-state index in [0.29, 0.717) is 23.4 Å². The zero-order chi connectivity index (χ0) is 25.3. The number of carbonyl (C=O) groups excluding carboxylic acids is 2. The van der Waals surface area contributed by atoms with Crippen molar-refractivity contribution in [3.63, 3.8) is 0 Å². The Bertz CT molecular complexity index is 1450. The van der Waals surface area contributed by atoms with Gasteiger partial charge in [-0.05, 0) is 68.1 Å². The van der Waals surface area contributed by atoms with Gasteiger partial charge < -0.3 is 14.0 Å². The molecule has 1 atom stereocenters. The standard InChI is InChI=1S/C24H27N3O6S2/c1-15-12-16(2)22-20(13-15)26(14-21(28)33-4)24(34-22)25-23(29)19-6-5-11-27(19)35(30,31)18-9-7-17(32-3)8-10-18/h7-10,12-13,19H,5-6,11,14H2,1-4H3. The van der Waals surface area contributed by atoms with E-state index in [9.17, 15) is 18.0 Å². The van der Waals surface area contributed by atoms with Crippen LogP contribution in [0.3, 0.4) is 0 Å². The maximum atomic E-state index is 13.3. The number of aromatic nitrogens is 1. The summed E-state index contributed by atoms with van der Waals surface area (Å²) in [6.45, 7) is 4.03. The summed E-state index contributed by atoms with van der Waals surface area (Å²) in [5.74, 6) is -0.486. The van der Waals surface area contributed by atoms with Crippen molar-refractivity contribution in [3.05, 3.63) is 52.3 Å². The molecule has 11 heteroatoms. The molecule has 1 amide bonds. The third-order valence-electron chi connectivity index (χ3n) is 5.99. The molecular formula is C24H27N3O6S2. The Morgan fingerprint density at radius 3 is 2.51 bits per heavy atom. The maximum absolute atomic E-state index is 13.3. The highest BCUT2D eigenvalue weighted by Gasteiger charge is 2.39. The van der Waals surface area contributed by atoms with Crippen LogP contribution in [-0.4, -0.2) is 56.0 Å². The fraction of sp³-hybridized carbons (Fsp3) is 0.375. The van der Waals surface area contributed by atoms with Crippen molar-refractivity contribution >= 4 is 43.5 Å². The van der Waals surface area contributed by atoms with E-state index in [-0.39, 0.29) is 18.0 Å². The first kappa shape index (κ1) is 25.1. The Kier molecular flexibility index (Phi) is 7.11. The molecule has 1 aliphatic heterocycles. The first-order chi connectivity index (χ1) is 16.6. The summed E-state index contributed by atoms with van der Waals surface area (Å²) >= 11 is 1.29. The second-order valence-corrected chi connectivity index (χ2v) is 11.2. The van der Waals surface area contributed by atoms with Crippen molar-refractivity contribution in [3.8, 4) is 5.75 Å². The molecule has 0 bridgehead atoms. The van der Waals surface area contributed by atoms with Gasteiger partial charge in [-0.2, -0.15) is 9.30 Å². The molecule has 2 heterocycles. The van der Waals surface area contributed by atoms with Gasteiger partial charge in [-0.25, -0.2) is 8.42 Å². The van der Waals surface area contributed by atoms with Gasteiger partial charge in [0, 0.05) is 6.54 Å². The van der Waals surface area contributed by atoms with Crippen molar-refractivity contribution in [1.82, 2.24) is 8.87 Å². The van der Waals surface area contributed by atoms with Crippen LogP contribution in [0.15, 0.2) is 46.3 Å². The van der Waals surface area contributed by atoms with Gasteiger partial charge in [0.25, 0.3) is 5.91 Å². The molecule has 0 radical (unpaired) electrons. The molecule has 35 heavy (non-hydrogen) atoms. The molecule has 1 aliphatic rings. The number of ether oxygens (including phenoxy) is 2. The Morgan fingerprint density at radius 1 is 1.14 bits per heavy atom. The van der Waals surface area contributed by atoms with Gasteiger partial charge in [0.05, 0.1) is 29.3 Å². The van der Waals surface area contributed by atoms with Crippen LogP contribution in [0.5, 0.6) is 5.75 Å². The monoisotopic (exact) mass is 517 g/mol. The van der Waals surface area contributed by atoms with Crippen LogP contribution in [-0.2, 0) is 30.9 Å². The van der Waals surface area contributed by atoms with Crippen LogP contribution < -0.4 is 9.54 Å². The summed E-state index contributed by atoms with van der Waals surface area (Å²) in [6, 6.07) is 9.11. The Balaban J connectivity index is 1.74. The van der Waals surface area contributed by atoms with Gasteiger partial charge in [0.2, 0.25) is 10.0 Å². The Morgan fingerprint density at radius 2 is 1.86 bits per heavy atom. The lowest BCUT2D eigenvalue weighted by atomic mass is 10.1. The number of rotatable bonds is 6. The number of benzene rings is 2. The molecule has 3 aromatic rings. The van der Waals surface area contributed by atoms with Crippen LogP contribution >= 0.6 is 11.3 Å². The quantitative estimate of drug-likeness (QED) is 0.466. The fourth-order valence-corrected chi connectivity index (χ4v) is 7.01. The second-order valence-electron chi connectivity index (χ2n) is 8.38. The molecule has 186 valence electrons. The number of fused-ring (bicyclic) bond motifs is 1. The second kappa shape index (κ2) is 9.92. The van der Waals surface area contributed by atoms with E-state index in [0.717, 1.165) is 21.3 Å². The topological polar surface area (TPSA) is 107 Å². The first-order valence-electron chi connectivity index (χ1n) is 11.1. The number of carbonyl (C=O) groups is 2. The number of esters is 1.